The molecule has 1 aromatic heterocycles. The van der Waals surface area contributed by atoms with Crippen molar-refractivity contribution in [2.75, 3.05) is 0 Å². The summed E-state index contributed by atoms with van der Waals surface area (Å²) in [5, 5.41) is 1.40. The van der Waals surface area contributed by atoms with Crippen molar-refractivity contribution in [3.63, 3.8) is 0 Å². The van der Waals surface area contributed by atoms with Crippen LogP contribution in [0.4, 0.5) is 0 Å². The smallest absolute Gasteiger partial charge is 0.0702 e. The highest BCUT2D eigenvalue weighted by molar-refractivity contribution is 6.22. The van der Waals surface area contributed by atoms with Crippen LogP contribution in [0.2, 0.25) is 0 Å². The molecule has 2 aromatic rings. The average molecular weight is 230 g/mol. The molecule has 0 saturated carbocycles. The van der Waals surface area contributed by atoms with E-state index >= 15 is 0 Å². The van der Waals surface area contributed by atoms with Crippen LogP contribution >= 0.6 is 11.6 Å². The molecule has 1 aliphatic carbocycles. The first kappa shape index (κ1) is 9.86. The predicted molar refractivity (Wildman–Crippen MR) is 68.6 cm³/mol. The third-order valence-corrected chi connectivity index (χ3v) is 3.39. The number of halogens is 1. The number of rotatable bonds is 1. The number of hydrogen-bond donors (Lipinski definition) is 0. The Bertz CT molecular complexity index is 559. The van der Waals surface area contributed by atoms with E-state index in [1.54, 1.807) is 0 Å². The Kier molecular flexibility index (Phi) is 2.41. The lowest BCUT2D eigenvalue weighted by molar-refractivity contribution is 0.942. The highest BCUT2D eigenvalue weighted by Gasteiger charge is 2.14. The van der Waals surface area contributed by atoms with Gasteiger partial charge >= 0.3 is 0 Å². The first-order valence-corrected chi connectivity index (χ1v) is 5.96. The van der Waals surface area contributed by atoms with E-state index in [9.17, 15) is 0 Å². The maximum Gasteiger partial charge on any atom is 0.0702 e. The van der Waals surface area contributed by atoms with Crippen molar-refractivity contribution in [3.8, 4) is 0 Å². The minimum absolute atomic E-state index is 0.208. The number of benzene rings is 1. The topological polar surface area (TPSA) is 12.9 Å². The summed E-state index contributed by atoms with van der Waals surface area (Å²) in [6.45, 7) is 0. The fourth-order valence-electron chi connectivity index (χ4n) is 2.19. The Balaban J connectivity index is 2.09. The van der Waals surface area contributed by atoms with Crippen LogP contribution in [0, 0.1) is 0 Å². The van der Waals surface area contributed by atoms with E-state index in [1.165, 1.54) is 16.5 Å². The van der Waals surface area contributed by atoms with Crippen molar-refractivity contribution in [1.29, 1.82) is 0 Å². The lowest BCUT2D eigenvalue weighted by atomic mass is 10.0. The van der Waals surface area contributed by atoms with E-state index in [0.29, 0.717) is 0 Å². The average Bonchev–Trinajstić information content (AvgIpc) is 2.75. The minimum Gasteiger partial charge on any atom is -0.256 e. The van der Waals surface area contributed by atoms with Gasteiger partial charge in [0, 0.05) is 11.6 Å². The van der Waals surface area contributed by atoms with E-state index in [-0.39, 0.29) is 5.38 Å². The molecule has 3 rings (SSSR count). The van der Waals surface area contributed by atoms with Gasteiger partial charge in [-0.2, -0.15) is 0 Å². The van der Waals surface area contributed by atoms with Crippen LogP contribution in [-0.2, 0) is 0 Å². The van der Waals surface area contributed by atoms with Gasteiger partial charge < -0.3 is 0 Å². The highest BCUT2D eigenvalue weighted by Crippen LogP contribution is 2.31. The predicted octanol–water partition coefficient (Wildman–Crippen LogP) is 4.02. The Morgan fingerprint density at radius 1 is 1.25 bits per heavy atom. The zero-order valence-corrected chi connectivity index (χ0v) is 9.61. The Morgan fingerprint density at radius 2 is 2.19 bits per heavy atom. The molecule has 1 unspecified atom stereocenters. The van der Waals surface area contributed by atoms with Gasteiger partial charge in [0.05, 0.1) is 10.9 Å². The molecule has 1 nitrogen and oxygen atoms in total. The van der Waals surface area contributed by atoms with E-state index in [0.717, 1.165) is 18.4 Å². The summed E-state index contributed by atoms with van der Waals surface area (Å²) in [5.41, 5.74) is 3.70. The molecular formula is C14H12ClN. The summed E-state index contributed by atoms with van der Waals surface area (Å²) >= 11 is 6.09. The van der Waals surface area contributed by atoms with Gasteiger partial charge in [0.15, 0.2) is 0 Å². The number of aromatic nitrogens is 1. The molecule has 2 heteroatoms. The summed E-state index contributed by atoms with van der Waals surface area (Å²) in [4.78, 5) is 4.32. The molecule has 1 aromatic carbocycles. The molecule has 0 bridgehead atoms. The van der Waals surface area contributed by atoms with Crippen molar-refractivity contribution < 1.29 is 0 Å². The molecule has 0 spiro atoms. The molecule has 80 valence electrons. The van der Waals surface area contributed by atoms with Crippen LogP contribution in [0.1, 0.15) is 18.4 Å². The summed E-state index contributed by atoms with van der Waals surface area (Å²) in [5.74, 6) is 0. The molecule has 0 amide bonds. The van der Waals surface area contributed by atoms with E-state index < -0.39 is 0 Å². The molecule has 16 heavy (non-hydrogen) atoms. The summed E-state index contributed by atoms with van der Waals surface area (Å²) in [7, 11) is 0. The van der Waals surface area contributed by atoms with Gasteiger partial charge in [-0.3, -0.25) is 4.98 Å². The molecule has 1 aliphatic rings. The molecule has 0 N–H and O–H groups in total. The van der Waals surface area contributed by atoms with Gasteiger partial charge in [-0.05, 0) is 42.2 Å². The van der Waals surface area contributed by atoms with Crippen LogP contribution < -0.4 is 0 Å². The number of hydrogen-bond acceptors (Lipinski definition) is 1. The third-order valence-electron chi connectivity index (χ3n) is 3.05. The summed E-state index contributed by atoms with van der Waals surface area (Å²) in [6, 6.07) is 10.5. The zero-order chi connectivity index (χ0) is 11.0. The number of allylic oxidation sites excluding steroid dienone is 2. The molecule has 1 atom stereocenters. The number of alkyl halides is 1. The summed E-state index contributed by atoms with van der Waals surface area (Å²) in [6.07, 6.45) is 6.13. The maximum atomic E-state index is 6.09. The van der Waals surface area contributed by atoms with E-state index in [1.807, 2.05) is 12.3 Å². The second-order valence-corrected chi connectivity index (χ2v) is 4.72. The molecule has 0 fully saturated rings. The lowest BCUT2D eigenvalue weighted by Gasteiger charge is -2.03. The Labute approximate surface area is 99.8 Å². The first-order chi connectivity index (χ1) is 7.83. The van der Waals surface area contributed by atoms with Crippen molar-refractivity contribution in [1.82, 2.24) is 4.98 Å². The van der Waals surface area contributed by atoms with Crippen LogP contribution in [0.3, 0.4) is 0 Å². The minimum atomic E-state index is 0.208. The molecule has 0 radical (unpaired) electrons. The molecule has 0 saturated heterocycles. The quantitative estimate of drug-likeness (QED) is 0.673. The summed E-state index contributed by atoms with van der Waals surface area (Å²) < 4.78 is 0. The van der Waals surface area contributed by atoms with Crippen molar-refractivity contribution in [3.05, 3.63) is 48.2 Å². The van der Waals surface area contributed by atoms with Gasteiger partial charge in [0.2, 0.25) is 0 Å². The van der Waals surface area contributed by atoms with Crippen molar-refractivity contribution in [2.24, 2.45) is 0 Å². The highest BCUT2D eigenvalue weighted by atomic mass is 35.5. The molecule has 1 heterocycles. The number of pyridine rings is 1. The van der Waals surface area contributed by atoms with Gasteiger partial charge in [-0.25, -0.2) is 0 Å². The first-order valence-electron chi connectivity index (χ1n) is 5.53. The monoisotopic (exact) mass is 229 g/mol. The van der Waals surface area contributed by atoms with Gasteiger partial charge in [-0.15, -0.1) is 11.6 Å². The maximum absolute atomic E-state index is 6.09. The van der Waals surface area contributed by atoms with E-state index in [4.69, 9.17) is 11.6 Å². The fourth-order valence-corrected chi connectivity index (χ4v) is 2.46. The normalized spacial score (nSPS) is 20.1. The van der Waals surface area contributed by atoms with Crippen LogP contribution in [0.15, 0.2) is 42.6 Å². The number of fused-ring (bicyclic) bond motifs is 1. The van der Waals surface area contributed by atoms with Gasteiger partial charge in [-0.1, -0.05) is 18.2 Å². The van der Waals surface area contributed by atoms with Crippen molar-refractivity contribution in [2.45, 2.75) is 18.2 Å². The standard InChI is InChI=1S/C14H12ClN/c15-13-5-3-11(9-13)10-4-6-14-12(8-10)2-1-7-16-14/h1-2,4,6-9,13H,3,5H2. The third kappa shape index (κ3) is 1.72. The Hall–Kier alpha value is -1.34. The largest absolute Gasteiger partial charge is 0.256 e. The van der Waals surface area contributed by atoms with E-state index in [2.05, 4.69) is 35.3 Å². The van der Waals surface area contributed by atoms with Crippen LogP contribution in [-0.4, -0.2) is 10.4 Å². The van der Waals surface area contributed by atoms with Gasteiger partial charge in [0.25, 0.3) is 0 Å². The fraction of sp³-hybridized carbons (Fsp3) is 0.214. The van der Waals surface area contributed by atoms with Crippen LogP contribution in [0.25, 0.3) is 16.5 Å². The second-order valence-electron chi connectivity index (χ2n) is 4.16. The lowest BCUT2D eigenvalue weighted by Crippen LogP contribution is -1.83. The molecular weight excluding hydrogens is 218 g/mol. The molecule has 0 aliphatic heterocycles. The zero-order valence-electron chi connectivity index (χ0n) is 8.86. The number of nitrogens with zero attached hydrogens (tertiary/aromatic N) is 1. The van der Waals surface area contributed by atoms with Crippen molar-refractivity contribution >= 4 is 28.1 Å². The SMILES string of the molecule is ClC1C=C(c2ccc3ncccc3c2)CC1. The van der Waals surface area contributed by atoms with Crippen LogP contribution in [0.5, 0.6) is 0 Å². The Morgan fingerprint density at radius 3 is 3.00 bits per heavy atom. The van der Waals surface area contributed by atoms with Gasteiger partial charge in [0.1, 0.15) is 0 Å². The second kappa shape index (κ2) is 3.91.